The second-order valence-corrected chi connectivity index (χ2v) is 8.87. The Hall–Kier alpha value is -4.85. The van der Waals surface area contributed by atoms with E-state index < -0.39 is 16.6 Å². The number of anilines is 4. The molecule has 13 nitrogen and oxygen atoms in total. The van der Waals surface area contributed by atoms with E-state index >= 15 is 0 Å². The van der Waals surface area contributed by atoms with Crippen LogP contribution in [0.4, 0.5) is 33.2 Å². The van der Waals surface area contributed by atoms with Crippen molar-refractivity contribution in [3.8, 4) is 5.75 Å². The number of hydrazone groups is 1. The molecule has 2 heterocycles. The van der Waals surface area contributed by atoms with Crippen molar-refractivity contribution in [3.63, 3.8) is 0 Å². The summed E-state index contributed by atoms with van der Waals surface area (Å²) in [6, 6.07) is 11.2. The van der Waals surface area contributed by atoms with Crippen LogP contribution in [-0.2, 0) is 9.53 Å². The highest BCUT2D eigenvalue weighted by Crippen LogP contribution is 2.26. The number of ether oxygens (including phenoxy) is 2. The van der Waals surface area contributed by atoms with Crippen LogP contribution < -0.4 is 25.3 Å². The van der Waals surface area contributed by atoms with Crippen molar-refractivity contribution in [1.29, 1.82) is 0 Å². The Labute approximate surface area is 236 Å². The molecule has 0 saturated carbocycles. The van der Waals surface area contributed by atoms with Crippen LogP contribution in [0.1, 0.15) is 19.4 Å². The van der Waals surface area contributed by atoms with Gasteiger partial charge in [-0.25, -0.2) is 14.8 Å². The van der Waals surface area contributed by atoms with Gasteiger partial charge in [0.25, 0.3) is 11.6 Å². The van der Waals surface area contributed by atoms with Gasteiger partial charge in [-0.1, -0.05) is 6.07 Å². The first kappa shape index (κ1) is 29.1. The first-order valence-electron chi connectivity index (χ1n) is 13.1. The lowest BCUT2D eigenvalue weighted by molar-refractivity contribution is -0.384. The predicted molar refractivity (Wildman–Crippen MR) is 153 cm³/mol. The molecular weight excluding hydrogens is 535 g/mol. The molecule has 0 atom stereocenters. The van der Waals surface area contributed by atoms with Crippen molar-refractivity contribution in [1.82, 2.24) is 9.97 Å². The molecule has 1 fully saturated rings. The zero-order valence-electron chi connectivity index (χ0n) is 22.7. The number of aromatic nitrogens is 2. The maximum atomic E-state index is 14.3. The predicted octanol–water partition coefficient (Wildman–Crippen LogP) is 3.67. The minimum Gasteiger partial charge on any atom is -0.483 e. The lowest BCUT2D eigenvalue weighted by atomic mass is 10.2. The van der Waals surface area contributed by atoms with Crippen LogP contribution in [0.3, 0.4) is 0 Å². The van der Waals surface area contributed by atoms with Crippen LogP contribution in [0.25, 0.3) is 0 Å². The minimum absolute atomic E-state index is 0.114. The van der Waals surface area contributed by atoms with Crippen LogP contribution in [0.5, 0.6) is 5.75 Å². The van der Waals surface area contributed by atoms with Gasteiger partial charge in [0.2, 0.25) is 5.95 Å². The monoisotopic (exact) mass is 566 g/mol. The standard InChI is InChI=1S/C27H31FN8O5/c1-3-34(4-2)21-9-8-19(16-30-33-27-29-17-23(28)26(32-27)35-10-12-40-13-11-35)24(15-21)41-18-25(37)31-20-6-5-7-22(14-20)36(38)39/h5-9,14-17H,3-4,10-13,18H2,1-2H3,(H,31,37)(H,29,32,33)/b30-16+. The fourth-order valence-corrected chi connectivity index (χ4v) is 4.15. The molecule has 1 amide bonds. The quantitative estimate of drug-likeness (QED) is 0.189. The number of hydrogen-bond donors (Lipinski definition) is 2. The van der Waals surface area contributed by atoms with E-state index in [2.05, 4.69) is 30.7 Å². The van der Waals surface area contributed by atoms with Gasteiger partial charge in [0, 0.05) is 61.3 Å². The topological polar surface area (TPSA) is 147 Å². The molecule has 1 aromatic heterocycles. The summed E-state index contributed by atoms with van der Waals surface area (Å²) in [5, 5.41) is 17.8. The third kappa shape index (κ3) is 7.85. The summed E-state index contributed by atoms with van der Waals surface area (Å²) in [6.07, 6.45) is 2.57. The second kappa shape index (κ2) is 14.0. The molecule has 14 heteroatoms. The van der Waals surface area contributed by atoms with Gasteiger partial charge in [0.05, 0.1) is 30.5 Å². The Morgan fingerprint density at radius 1 is 1.24 bits per heavy atom. The summed E-state index contributed by atoms with van der Waals surface area (Å²) in [5.41, 5.74) is 4.33. The summed E-state index contributed by atoms with van der Waals surface area (Å²) >= 11 is 0. The highest BCUT2D eigenvalue weighted by Gasteiger charge is 2.18. The fourth-order valence-electron chi connectivity index (χ4n) is 4.15. The molecule has 3 aromatic rings. The average molecular weight is 567 g/mol. The first-order valence-corrected chi connectivity index (χ1v) is 13.1. The molecule has 2 aromatic carbocycles. The van der Waals surface area contributed by atoms with Crippen LogP contribution in [0.2, 0.25) is 0 Å². The SMILES string of the molecule is CCN(CC)c1ccc(/C=N/Nc2ncc(F)c(N3CCOCC3)n2)c(OCC(=O)Nc2cccc([N+](=O)[O-])c2)c1. The van der Waals surface area contributed by atoms with E-state index in [0.717, 1.165) is 25.0 Å². The number of rotatable bonds is 12. The number of nitro groups is 1. The van der Waals surface area contributed by atoms with E-state index in [0.29, 0.717) is 37.6 Å². The van der Waals surface area contributed by atoms with Gasteiger partial charge in [-0.2, -0.15) is 10.1 Å². The Kier molecular flexibility index (Phi) is 9.94. The smallest absolute Gasteiger partial charge is 0.271 e. The molecule has 1 saturated heterocycles. The number of non-ortho nitro benzene ring substituents is 1. The summed E-state index contributed by atoms with van der Waals surface area (Å²) in [7, 11) is 0. The van der Waals surface area contributed by atoms with Crippen molar-refractivity contribution in [2.75, 3.05) is 66.5 Å². The minimum atomic E-state index is -0.537. The lowest BCUT2D eigenvalue weighted by Gasteiger charge is -2.27. The van der Waals surface area contributed by atoms with Gasteiger partial charge in [0.15, 0.2) is 18.2 Å². The molecular formula is C27H31FN8O5. The number of hydrogen-bond acceptors (Lipinski definition) is 11. The Morgan fingerprint density at radius 2 is 2.02 bits per heavy atom. The maximum Gasteiger partial charge on any atom is 0.271 e. The van der Waals surface area contributed by atoms with Crippen molar-refractivity contribution in [2.45, 2.75) is 13.8 Å². The normalized spacial score (nSPS) is 13.2. The van der Waals surface area contributed by atoms with Crippen LogP contribution in [0.15, 0.2) is 53.8 Å². The number of carbonyl (C=O) groups excluding carboxylic acids is 1. The zero-order chi connectivity index (χ0) is 29.2. The molecule has 2 N–H and O–H groups in total. The number of nitrogens with zero attached hydrogens (tertiary/aromatic N) is 6. The highest BCUT2D eigenvalue weighted by atomic mass is 19.1. The number of morpholine rings is 1. The third-order valence-corrected chi connectivity index (χ3v) is 6.23. The number of benzene rings is 2. The van der Waals surface area contributed by atoms with Gasteiger partial charge in [-0.05, 0) is 32.0 Å². The van der Waals surface area contributed by atoms with Gasteiger partial charge < -0.3 is 24.6 Å². The largest absolute Gasteiger partial charge is 0.483 e. The molecule has 0 bridgehead atoms. The van der Waals surface area contributed by atoms with Crippen molar-refractivity contribution < 1.29 is 23.6 Å². The molecule has 0 spiro atoms. The van der Waals surface area contributed by atoms with E-state index in [-0.39, 0.29) is 29.7 Å². The number of nitrogens with one attached hydrogen (secondary N) is 2. The number of amides is 1. The number of nitro benzene ring substituents is 1. The molecule has 1 aliphatic heterocycles. The maximum absolute atomic E-state index is 14.3. The lowest BCUT2D eigenvalue weighted by Crippen LogP contribution is -2.37. The molecule has 1 aliphatic rings. The molecule has 0 radical (unpaired) electrons. The number of carbonyl (C=O) groups is 1. The molecule has 0 aliphatic carbocycles. The van der Waals surface area contributed by atoms with Crippen LogP contribution >= 0.6 is 0 Å². The Bertz CT molecular complexity index is 1400. The summed E-state index contributed by atoms with van der Waals surface area (Å²) < 4.78 is 25.5. The van der Waals surface area contributed by atoms with Crippen molar-refractivity contribution in [2.24, 2.45) is 5.10 Å². The van der Waals surface area contributed by atoms with E-state index in [9.17, 15) is 19.3 Å². The van der Waals surface area contributed by atoms with Crippen LogP contribution in [-0.4, -0.2) is 73.0 Å². The van der Waals surface area contributed by atoms with Crippen molar-refractivity contribution in [3.05, 3.63) is 70.2 Å². The average Bonchev–Trinajstić information content (AvgIpc) is 2.99. The molecule has 4 rings (SSSR count). The van der Waals surface area contributed by atoms with Gasteiger partial charge in [-0.15, -0.1) is 0 Å². The van der Waals surface area contributed by atoms with E-state index in [4.69, 9.17) is 9.47 Å². The summed E-state index contributed by atoms with van der Waals surface area (Å²) in [6.45, 7) is 7.27. The summed E-state index contributed by atoms with van der Waals surface area (Å²) in [4.78, 5) is 35.2. The van der Waals surface area contributed by atoms with Gasteiger partial charge >= 0.3 is 0 Å². The molecule has 41 heavy (non-hydrogen) atoms. The fraction of sp³-hybridized carbons (Fsp3) is 0.333. The van der Waals surface area contributed by atoms with E-state index in [1.807, 2.05) is 19.9 Å². The van der Waals surface area contributed by atoms with Gasteiger partial charge in [0.1, 0.15) is 5.75 Å². The van der Waals surface area contributed by atoms with Crippen molar-refractivity contribution >= 4 is 41.0 Å². The third-order valence-electron chi connectivity index (χ3n) is 6.23. The van der Waals surface area contributed by atoms with Crippen LogP contribution in [0, 0.1) is 15.9 Å². The highest BCUT2D eigenvalue weighted by molar-refractivity contribution is 5.92. The van der Waals surface area contributed by atoms with E-state index in [1.54, 1.807) is 23.1 Å². The van der Waals surface area contributed by atoms with E-state index in [1.165, 1.54) is 24.4 Å². The zero-order valence-corrected chi connectivity index (χ0v) is 22.7. The Morgan fingerprint density at radius 3 is 2.76 bits per heavy atom. The first-order chi connectivity index (χ1) is 19.9. The Balaban J connectivity index is 1.48. The molecule has 0 unspecified atom stereocenters. The number of halogens is 1. The van der Waals surface area contributed by atoms with Gasteiger partial charge in [-0.3, -0.25) is 14.9 Å². The second-order valence-electron chi connectivity index (χ2n) is 8.87. The summed E-state index contributed by atoms with van der Waals surface area (Å²) in [5.74, 6) is -0.350. The molecule has 216 valence electrons.